The monoisotopic (exact) mass is 350 g/mol. The predicted octanol–water partition coefficient (Wildman–Crippen LogP) is 0.869. The van der Waals surface area contributed by atoms with Gasteiger partial charge in [-0.1, -0.05) is 0 Å². The number of nitrogens with one attached hydrogen (secondary N) is 2. The molecule has 7 nitrogen and oxygen atoms in total. The van der Waals surface area contributed by atoms with E-state index in [1.54, 1.807) is 0 Å². The van der Waals surface area contributed by atoms with E-state index in [1.165, 1.54) is 0 Å². The Kier molecular flexibility index (Phi) is 4.24. The van der Waals surface area contributed by atoms with Gasteiger partial charge in [-0.25, -0.2) is 8.42 Å². The zero-order valence-electron chi connectivity index (χ0n) is 11.6. The highest BCUT2D eigenvalue weighted by Gasteiger charge is 2.39. The normalized spacial score (nSPS) is 17.1. The van der Waals surface area contributed by atoms with Gasteiger partial charge in [-0.3, -0.25) is 19.8 Å². The summed E-state index contributed by atoms with van der Waals surface area (Å²) in [6.45, 7) is -0.0512. The summed E-state index contributed by atoms with van der Waals surface area (Å²) in [5, 5.41) is 8.78. The van der Waals surface area contributed by atoms with Crippen LogP contribution in [0.5, 0.6) is 0 Å². The van der Waals surface area contributed by atoms with Gasteiger partial charge in [-0.2, -0.15) is 13.2 Å². The summed E-state index contributed by atoms with van der Waals surface area (Å²) >= 11 is 0. The number of amides is 1. The number of carbonyl (C=O) groups excluding carboxylic acids is 1. The van der Waals surface area contributed by atoms with Gasteiger partial charge in [0.1, 0.15) is 0 Å². The van der Waals surface area contributed by atoms with Gasteiger partial charge in [0.15, 0.2) is 5.96 Å². The van der Waals surface area contributed by atoms with Crippen molar-refractivity contribution in [1.82, 2.24) is 5.32 Å². The number of carbonyl (C=O) groups is 1. The molecule has 1 aromatic rings. The topological polar surface area (TPSA) is 116 Å². The first-order valence-electron chi connectivity index (χ1n) is 6.39. The number of nitrogens with zero attached hydrogens (tertiary/aromatic N) is 1. The van der Waals surface area contributed by atoms with Crippen molar-refractivity contribution in [2.75, 3.05) is 16.6 Å². The average Bonchev–Trinajstić information content (AvgIpc) is 2.75. The third-order valence-corrected chi connectivity index (χ3v) is 5.04. The van der Waals surface area contributed by atoms with Crippen LogP contribution in [0.3, 0.4) is 0 Å². The van der Waals surface area contributed by atoms with Gasteiger partial charge in [0, 0.05) is 12.1 Å². The first-order chi connectivity index (χ1) is 10.5. The van der Waals surface area contributed by atoms with Gasteiger partial charge >= 0.3 is 6.18 Å². The molecule has 126 valence electrons. The highest BCUT2D eigenvalue weighted by Crippen LogP contribution is 2.39. The molecular weight excluding hydrogens is 337 g/mol. The van der Waals surface area contributed by atoms with Crippen LogP contribution in [0.15, 0.2) is 18.2 Å². The van der Waals surface area contributed by atoms with Crippen LogP contribution < -0.4 is 15.4 Å². The van der Waals surface area contributed by atoms with Gasteiger partial charge in [0.2, 0.25) is 10.0 Å². The van der Waals surface area contributed by atoms with Gasteiger partial charge in [0.25, 0.3) is 5.91 Å². The molecule has 0 unspecified atom stereocenters. The maximum absolute atomic E-state index is 13.2. The van der Waals surface area contributed by atoms with Crippen LogP contribution in [-0.2, 0) is 16.2 Å². The molecule has 1 heterocycles. The Labute approximate surface area is 129 Å². The Bertz CT molecular complexity index is 761. The molecule has 0 aliphatic carbocycles. The lowest BCUT2D eigenvalue weighted by Crippen LogP contribution is -2.36. The van der Waals surface area contributed by atoms with E-state index >= 15 is 0 Å². The Morgan fingerprint density at radius 2 is 2.00 bits per heavy atom. The molecule has 0 spiro atoms. The standard InChI is InChI=1S/C12H13F3N4O3S/c13-12(14,15)8-6-7(10(20)18-11(16)17)2-3-9(8)19-4-1-5-23(19,21)22/h2-3,6H,1,4-5H2,(H4,16,17,18,20). The molecular formula is C12H13F3N4O3S. The van der Waals surface area contributed by atoms with E-state index in [1.807, 2.05) is 5.32 Å². The fourth-order valence-corrected chi connectivity index (χ4v) is 3.81. The van der Waals surface area contributed by atoms with Gasteiger partial charge in [-0.05, 0) is 24.6 Å². The fourth-order valence-electron chi connectivity index (χ4n) is 2.23. The number of benzene rings is 1. The van der Waals surface area contributed by atoms with E-state index in [9.17, 15) is 26.4 Å². The molecule has 23 heavy (non-hydrogen) atoms. The molecule has 0 bridgehead atoms. The van der Waals surface area contributed by atoms with Crippen molar-refractivity contribution in [1.29, 1.82) is 5.41 Å². The Hall–Kier alpha value is -2.30. The number of halogens is 3. The summed E-state index contributed by atoms with van der Waals surface area (Å²) in [4.78, 5) is 11.7. The molecule has 1 saturated heterocycles. The number of rotatable bonds is 2. The van der Waals surface area contributed by atoms with Crippen molar-refractivity contribution < 1.29 is 26.4 Å². The highest BCUT2D eigenvalue weighted by atomic mass is 32.2. The van der Waals surface area contributed by atoms with Crippen LogP contribution in [0.1, 0.15) is 22.3 Å². The lowest BCUT2D eigenvalue weighted by atomic mass is 10.1. The van der Waals surface area contributed by atoms with E-state index in [-0.39, 0.29) is 24.3 Å². The smallest absolute Gasteiger partial charge is 0.370 e. The number of sulfonamides is 1. The molecule has 1 aliphatic heterocycles. The Morgan fingerprint density at radius 3 is 2.48 bits per heavy atom. The van der Waals surface area contributed by atoms with E-state index in [2.05, 4.69) is 0 Å². The van der Waals surface area contributed by atoms with Crippen molar-refractivity contribution in [3.8, 4) is 0 Å². The quantitative estimate of drug-likeness (QED) is 0.542. The van der Waals surface area contributed by atoms with Crippen molar-refractivity contribution in [2.24, 2.45) is 5.73 Å². The number of guanidine groups is 1. The van der Waals surface area contributed by atoms with Crippen LogP contribution in [0.25, 0.3) is 0 Å². The Balaban J connectivity index is 2.52. The minimum Gasteiger partial charge on any atom is -0.370 e. The largest absolute Gasteiger partial charge is 0.418 e. The van der Waals surface area contributed by atoms with Crippen LogP contribution in [0.2, 0.25) is 0 Å². The molecule has 1 aromatic carbocycles. The molecule has 11 heteroatoms. The first-order valence-corrected chi connectivity index (χ1v) is 8.00. The number of alkyl halides is 3. The van der Waals surface area contributed by atoms with E-state index in [0.29, 0.717) is 10.4 Å². The van der Waals surface area contributed by atoms with Crippen molar-refractivity contribution in [3.63, 3.8) is 0 Å². The predicted molar refractivity (Wildman–Crippen MR) is 76.6 cm³/mol. The molecule has 4 N–H and O–H groups in total. The fraction of sp³-hybridized carbons (Fsp3) is 0.333. The number of hydrogen-bond acceptors (Lipinski definition) is 4. The first kappa shape index (κ1) is 17.1. The van der Waals surface area contributed by atoms with Crippen molar-refractivity contribution >= 4 is 27.6 Å². The van der Waals surface area contributed by atoms with Crippen molar-refractivity contribution in [3.05, 3.63) is 29.3 Å². The molecule has 1 fully saturated rings. The molecule has 1 aliphatic rings. The lowest BCUT2D eigenvalue weighted by Gasteiger charge is -2.22. The second-order valence-corrected chi connectivity index (χ2v) is 6.85. The molecule has 0 atom stereocenters. The molecule has 2 rings (SSSR count). The maximum Gasteiger partial charge on any atom is 0.418 e. The lowest BCUT2D eigenvalue weighted by molar-refractivity contribution is -0.137. The third-order valence-electron chi connectivity index (χ3n) is 3.18. The van der Waals surface area contributed by atoms with Crippen LogP contribution in [-0.4, -0.2) is 32.6 Å². The van der Waals surface area contributed by atoms with E-state index < -0.39 is 39.3 Å². The molecule has 1 amide bonds. The minimum absolute atomic E-state index is 0.0512. The van der Waals surface area contributed by atoms with Crippen molar-refractivity contribution in [2.45, 2.75) is 12.6 Å². The average molecular weight is 350 g/mol. The minimum atomic E-state index is -4.85. The maximum atomic E-state index is 13.2. The van der Waals surface area contributed by atoms with E-state index in [4.69, 9.17) is 11.1 Å². The zero-order chi connectivity index (χ0) is 17.4. The molecule has 0 radical (unpaired) electrons. The SMILES string of the molecule is N=C(N)NC(=O)c1ccc(N2CCCS2(=O)=O)c(C(F)(F)F)c1. The van der Waals surface area contributed by atoms with Gasteiger partial charge in [-0.15, -0.1) is 0 Å². The summed E-state index contributed by atoms with van der Waals surface area (Å²) in [5.41, 5.74) is 2.82. The number of nitrogens with two attached hydrogens (primary N) is 1. The Morgan fingerprint density at radius 1 is 1.35 bits per heavy atom. The van der Waals surface area contributed by atoms with Crippen LogP contribution >= 0.6 is 0 Å². The third kappa shape index (κ3) is 3.55. The second kappa shape index (κ2) is 5.72. The number of hydrogen-bond donors (Lipinski definition) is 3. The summed E-state index contributed by atoms with van der Waals surface area (Å²) in [7, 11) is -3.80. The summed E-state index contributed by atoms with van der Waals surface area (Å²) in [6, 6.07) is 2.53. The molecule has 0 aromatic heterocycles. The molecule has 0 saturated carbocycles. The van der Waals surface area contributed by atoms with Gasteiger partial charge < -0.3 is 5.73 Å². The highest BCUT2D eigenvalue weighted by molar-refractivity contribution is 7.93. The summed E-state index contributed by atoms with van der Waals surface area (Å²) in [6.07, 6.45) is -4.62. The van der Waals surface area contributed by atoms with Gasteiger partial charge in [0.05, 0.1) is 17.0 Å². The van der Waals surface area contributed by atoms with E-state index in [0.717, 1.165) is 12.1 Å². The number of anilines is 1. The summed E-state index contributed by atoms with van der Waals surface area (Å²) < 4.78 is 64.1. The van der Waals surface area contributed by atoms with Crippen LogP contribution in [0, 0.1) is 5.41 Å². The second-order valence-electron chi connectivity index (χ2n) is 4.84. The summed E-state index contributed by atoms with van der Waals surface area (Å²) in [5.74, 6) is -1.93. The van der Waals surface area contributed by atoms with Crippen LogP contribution in [0.4, 0.5) is 18.9 Å². The zero-order valence-corrected chi connectivity index (χ0v) is 12.5.